The third kappa shape index (κ3) is 4.24. The molecular weight excluding hydrogens is 298 g/mol. The molecule has 1 aliphatic rings. The second-order valence-electron chi connectivity index (χ2n) is 5.67. The highest BCUT2D eigenvalue weighted by Gasteiger charge is 2.19. The van der Waals surface area contributed by atoms with Crippen molar-refractivity contribution in [3.05, 3.63) is 29.3 Å². The van der Waals surface area contributed by atoms with Crippen molar-refractivity contribution in [2.75, 3.05) is 29.9 Å². The van der Waals surface area contributed by atoms with Crippen molar-refractivity contribution >= 4 is 29.3 Å². The van der Waals surface area contributed by atoms with Crippen LogP contribution in [0.4, 0.5) is 5.69 Å². The largest absolute Gasteiger partial charge is 0.337 e. The molecule has 0 aromatic heterocycles. The average molecular weight is 321 g/mol. The second-order valence-corrected chi connectivity index (χ2v) is 6.90. The van der Waals surface area contributed by atoms with Gasteiger partial charge in [0.15, 0.2) is 0 Å². The maximum atomic E-state index is 12.6. The van der Waals surface area contributed by atoms with Crippen molar-refractivity contribution in [3.63, 3.8) is 0 Å². The van der Waals surface area contributed by atoms with Crippen LogP contribution in [0.15, 0.2) is 18.2 Å². The zero-order chi connectivity index (χ0) is 16.1. The molecule has 22 heavy (non-hydrogen) atoms. The van der Waals surface area contributed by atoms with Crippen molar-refractivity contribution < 1.29 is 9.59 Å². The molecule has 1 fully saturated rings. The molecule has 1 saturated heterocycles. The molecule has 1 aliphatic heterocycles. The molecule has 0 saturated carbocycles. The van der Waals surface area contributed by atoms with E-state index in [0.29, 0.717) is 17.8 Å². The van der Waals surface area contributed by atoms with Crippen LogP contribution >= 0.6 is 11.8 Å². The maximum Gasteiger partial charge on any atom is 0.253 e. The van der Waals surface area contributed by atoms with E-state index < -0.39 is 0 Å². The van der Waals surface area contributed by atoms with E-state index in [2.05, 4.69) is 5.32 Å². The quantitative estimate of drug-likeness (QED) is 0.888. The molecular formula is C16H23N3O2S. The molecule has 120 valence electrons. The fourth-order valence-electron chi connectivity index (χ4n) is 2.24. The van der Waals surface area contributed by atoms with E-state index in [-0.39, 0.29) is 17.7 Å². The van der Waals surface area contributed by atoms with E-state index in [4.69, 9.17) is 5.73 Å². The predicted octanol–water partition coefficient (Wildman–Crippen LogP) is 1.93. The Morgan fingerprint density at radius 2 is 1.95 bits per heavy atom. The summed E-state index contributed by atoms with van der Waals surface area (Å²) in [6.45, 7) is 5.54. The lowest BCUT2D eigenvalue weighted by Gasteiger charge is -2.26. The van der Waals surface area contributed by atoms with Gasteiger partial charge in [-0.25, -0.2) is 0 Å². The van der Waals surface area contributed by atoms with E-state index >= 15 is 0 Å². The number of hydrogen-bond acceptors (Lipinski definition) is 4. The van der Waals surface area contributed by atoms with Crippen molar-refractivity contribution in [2.45, 2.75) is 20.4 Å². The summed E-state index contributed by atoms with van der Waals surface area (Å²) < 4.78 is 0. The fourth-order valence-corrected chi connectivity index (χ4v) is 3.14. The summed E-state index contributed by atoms with van der Waals surface area (Å²) in [5.41, 5.74) is 7.79. The SMILES string of the molecule is CC(C)C(=O)Nc1cc(CN)cc(C(=O)N2CCSCC2)c1. The lowest BCUT2D eigenvalue weighted by Crippen LogP contribution is -2.38. The van der Waals surface area contributed by atoms with Gasteiger partial charge in [-0.15, -0.1) is 0 Å². The summed E-state index contributed by atoms with van der Waals surface area (Å²) >= 11 is 1.86. The van der Waals surface area contributed by atoms with Gasteiger partial charge < -0.3 is 16.0 Å². The Kier molecular flexibility index (Phi) is 5.85. The fraction of sp³-hybridized carbons (Fsp3) is 0.500. The molecule has 0 radical (unpaired) electrons. The normalized spacial score (nSPS) is 15.0. The molecule has 3 N–H and O–H groups in total. The van der Waals surface area contributed by atoms with Gasteiger partial charge in [0.2, 0.25) is 5.91 Å². The minimum atomic E-state index is -0.111. The first-order chi connectivity index (χ1) is 10.5. The number of anilines is 1. The van der Waals surface area contributed by atoms with Crippen molar-refractivity contribution in [2.24, 2.45) is 11.7 Å². The Morgan fingerprint density at radius 1 is 1.27 bits per heavy atom. The zero-order valence-electron chi connectivity index (χ0n) is 13.1. The minimum Gasteiger partial charge on any atom is -0.337 e. The molecule has 0 unspecified atom stereocenters. The van der Waals surface area contributed by atoms with Gasteiger partial charge in [0, 0.05) is 48.3 Å². The van der Waals surface area contributed by atoms with Gasteiger partial charge in [-0.2, -0.15) is 11.8 Å². The van der Waals surface area contributed by atoms with Crippen LogP contribution in [-0.2, 0) is 11.3 Å². The first-order valence-electron chi connectivity index (χ1n) is 7.53. The molecule has 2 amide bonds. The van der Waals surface area contributed by atoms with Gasteiger partial charge in [-0.3, -0.25) is 9.59 Å². The molecule has 1 heterocycles. The van der Waals surface area contributed by atoms with Crippen LogP contribution in [0.25, 0.3) is 0 Å². The van der Waals surface area contributed by atoms with Gasteiger partial charge in [0.25, 0.3) is 5.91 Å². The Morgan fingerprint density at radius 3 is 2.55 bits per heavy atom. The third-order valence-electron chi connectivity index (χ3n) is 3.57. The molecule has 6 heteroatoms. The molecule has 0 spiro atoms. The van der Waals surface area contributed by atoms with Gasteiger partial charge in [0.1, 0.15) is 0 Å². The average Bonchev–Trinajstić information content (AvgIpc) is 2.54. The number of nitrogens with one attached hydrogen (secondary N) is 1. The highest BCUT2D eigenvalue weighted by atomic mass is 32.2. The van der Waals surface area contributed by atoms with Crippen molar-refractivity contribution in [3.8, 4) is 0 Å². The van der Waals surface area contributed by atoms with E-state index in [9.17, 15) is 9.59 Å². The topological polar surface area (TPSA) is 75.4 Å². The molecule has 0 atom stereocenters. The van der Waals surface area contributed by atoms with E-state index in [0.717, 1.165) is 30.2 Å². The Labute approximate surface area is 135 Å². The van der Waals surface area contributed by atoms with Crippen LogP contribution in [0, 0.1) is 5.92 Å². The Hall–Kier alpha value is -1.53. The zero-order valence-corrected chi connectivity index (χ0v) is 13.9. The van der Waals surface area contributed by atoms with Crippen LogP contribution in [-0.4, -0.2) is 41.3 Å². The molecule has 1 aromatic rings. The van der Waals surface area contributed by atoms with Crippen LogP contribution in [0.5, 0.6) is 0 Å². The highest BCUT2D eigenvalue weighted by Crippen LogP contribution is 2.19. The summed E-state index contributed by atoms with van der Waals surface area (Å²) in [6.07, 6.45) is 0. The van der Waals surface area contributed by atoms with E-state index in [1.54, 1.807) is 6.07 Å². The van der Waals surface area contributed by atoms with E-state index in [1.807, 2.05) is 42.6 Å². The summed E-state index contributed by atoms with van der Waals surface area (Å²) in [7, 11) is 0. The standard InChI is InChI=1S/C16H23N3O2S/c1-11(2)15(20)18-14-8-12(10-17)7-13(9-14)16(21)19-3-5-22-6-4-19/h7-9,11H,3-6,10,17H2,1-2H3,(H,18,20). The first kappa shape index (κ1) is 16.8. The number of carbonyl (C=O) groups is 2. The lowest BCUT2D eigenvalue weighted by molar-refractivity contribution is -0.118. The van der Waals surface area contributed by atoms with Gasteiger partial charge in [-0.05, 0) is 23.8 Å². The number of nitrogens with two attached hydrogens (primary N) is 1. The second kappa shape index (κ2) is 7.65. The summed E-state index contributed by atoms with van der Waals surface area (Å²) in [6, 6.07) is 5.38. The highest BCUT2D eigenvalue weighted by molar-refractivity contribution is 7.99. The minimum absolute atomic E-state index is 0.00986. The molecule has 2 rings (SSSR count). The third-order valence-corrected chi connectivity index (χ3v) is 4.51. The van der Waals surface area contributed by atoms with Crippen molar-refractivity contribution in [1.82, 2.24) is 4.90 Å². The number of hydrogen-bond donors (Lipinski definition) is 2. The summed E-state index contributed by atoms with van der Waals surface area (Å²) in [5, 5.41) is 2.84. The summed E-state index contributed by atoms with van der Waals surface area (Å²) in [4.78, 5) is 26.3. The maximum absolute atomic E-state index is 12.6. The lowest BCUT2D eigenvalue weighted by atomic mass is 10.1. The van der Waals surface area contributed by atoms with Crippen LogP contribution in [0.2, 0.25) is 0 Å². The van der Waals surface area contributed by atoms with Gasteiger partial charge in [0.05, 0.1) is 0 Å². The smallest absolute Gasteiger partial charge is 0.253 e. The number of amides is 2. The van der Waals surface area contributed by atoms with Gasteiger partial charge >= 0.3 is 0 Å². The predicted molar refractivity (Wildman–Crippen MR) is 91.0 cm³/mol. The molecule has 0 bridgehead atoms. The monoisotopic (exact) mass is 321 g/mol. The van der Waals surface area contributed by atoms with Crippen molar-refractivity contribution in [1.29, 1.82) is 0 Å². The number of thioether (sulfide) groups is 1. The van der Waals surface area contributed by atoms with Gasteiger partial charge in [-0.1, -0.05) is 13.8 Å². The molecule has 1 aromatic carbocycles. The number of carbonyl (C=O) groups excluding carboxylic acids is 2. The van der Waals surface area contributed by atoms with Crippen LogP contribution < -0.4 is 11.1 Å². The van der Waals surface area contributed by atoms with E-state index in [1.165, 1.54) is 0 Å². The summed E-state index contributed by atoms with van der Waals surface area (Å²) in [5.74, 6) is 1.77. The molecule has 0 aliphatic carbocycles. The molecule has 5 nitrogen and oxygen atoms in total. The number of benzene rings is 1. The van der Waals surface area contributed by atoms with Crippen LogP contribution in [0.1, 0.15) is 29.8 Å². The Bertz CT molecular complexity index is 554. The number of rotatable bonds is 4. The first-order valence-corrected chi connectivity index (χ1v) is 8.68. The number of nitrogens with zero attached hydrogens (tertiary/aromatic N) is 1. The van der Waals surface area contributed by atoms with Crippen LogP contribution in [0.3, 0.4) is 0 Å². The Balaban J connectivity index is 2.22.